The number of hydrogen-bond acceptors (Lipinski definition) is 6. The molecule has 4 aromatic rings. The molecule has 204 valence electrons. The average molecular weight is 538 g/mol. The number of hydrogen-bond donors (Lipinski definition) is 0. The summed E-state index contributed by atoms with van der Waals surface area (Å²) in [6, 6.07) is 10.5. The molecule has 1 saturated carbocycles. The van der Waals surface area contributed by atoms with Crippen LogP contribution in [0.1, 0.15) is 54.7 Å². The van der Waals surface area contributed by atoms with Gasteiger partial charge in [0.25, 0.3) is 0 Å². The molecule has 10 heteroatoms. The van der Waals surface area contributed by atoms with Crippen LogP contribution in [-0.4, -0.2) is 51.0 Å². The fraction of sp³-hybridized carbons (Fsp3) is 0.483. The smallest absolute Gasteiger partial charge is 0.420 e. The molecule has 0 amide bonds. The van der Waals surface area contributed by atoms with Crippen molar-refractivity contribution < 1.29 is 22.3 Å². The molecule has 2 aromatic heterocycles. The van der Waals surface area contributed by atoms with Gasteiger partial charge in [0.05, 0.1) is 13.2 Å². The Hall–Kier alpha value is -3.24. The predicted octanol–water partition coefficient (Wildman–Crippen LogP) is 5.70. The molecule has 0 N–H and O–H groups in total. The second-order valence-corrected chi connectivity index (χ2v) is 11.7. The minimum absolute atomic E-state index is 0.127. The Labute approximate surface area is 224 Å². The number of halogens is 3. The molecular formula is C29H30F3N5O2. The molecule has 7 rings (SSSR count). The Bertz CT molecular complexity index is 1550. The first-order valence-corrected chi connectivity index (χ1v) is 13.4. The standard InChI is InChI=1S/C29H30F3N5O2/c1-18(37-9-8-27(14-37)6-7-27)20-11-22(29(30,31)32)25-23(12-20)34-26(39-25)19-4-3-5-21(10-19)28(15-38-16-28)13-24-35-33-17-36(24)2/h3-5,10-12,17-18H,6-9,13-16H2,1-2H3/t18-/m1/s1. The lowest BCUT2D eigenvalue weighted by Crippen LogP contribution is -2.49. The first-order chi connectivity index (χ1) is 18.6. The Morgan fingerprint density at radius 1 is 1.10 bits per heavy atom. The van der Waals surface area contributed by atoms with Gasteiger partial charge in [-0.2, -0.15) is 13.2 Å². The highest BCUT2D eigenvalue weighted by Crippen LogP contribution is 2.54. The second-order valence-electron chi connectivity index (χ2n) is 11.7. The van der Waals surface area contributed by atoms with E-state index in [9.17, 15) is 13.2 Å². The lowest BCUT2D eigenvalue weighted by atomic mass is 9.75. The van der Waals surface area contributed by atoms with Crippen LogP contribution in [0, 0.1) is 5.41 Å². The van der Waals surface area contributed by atoms with Gasteiger partial charge in [0.2, 0.25) is 5.89 Å². The normalized spacial score (nSPS) is 20.9. The molecule has 0 bridgehead atoms. The van der Waals surface area contributed by atoms with Crippen molar-refractivity contribution in [2.75, 3.05) is 26.3 Å². The number of ether oxygens (including phenoxy) is 1. The van der Waals surface area contributed by atoms with E-state index < -0.39 is 11.7 Å². The van der Waals surface area contributed by atoms with Crippen molar-refractivity contribution in [1.82, 2.24) is 24.6 Å². The largest absolute Gasteiger partial charge is 0.435 e. The van der Waals surface area contributed by atoms with Crippen molar-refractivity contribution in [3.63, 3.8) is 0 Å². The van der Waals surface area contributed by atoms with Crippen LogP contribution in [0.15, 0.2) is 47.1 Å². The van der Waals surface area contributed by atoms with Crippen molar-refractivity contribution in [3.05, 3.63) is 65.2 Å². The highest BCUT2D eigenvalue weighted by molar-refractivity contribution is 5.81. The van der Waals surface area contributed by atoms with E-state index in [1.807, 2.05) is 42.8 Å². The van der Waals surface area contributed by atoms with Crippen molar-refractivity contribution in [1.29, 1.82) is 0 Å². The van der Waals surface area contributed by atoms with Gasteiger partial charge in [-0.15, -0.1) is 10.2 Å². The van der Waals surface area contributed by atoms with Crippen LogP contribution in [0.25, 0.3) is 22.6 Å². The molecule has 0 unspecified atom stereocenters. The van der Waals surface area contributed by atoms with E-state index in [2.05, 4.69) is 20.1 Å². The lowest BCUT2D eigenvalue weighted by molar-refractivity contribution is -0.136. The van der Waals surface area contributed by atoms with Crippen molar-refractivity contribution in [2.24, 2.45) is 12.5 Å². The molecule has 3 fully saturated rings. The van der Waals surface area contributed by atoms with Gasteiger partial charge in [0.1, 0.15) is 23.2 Å². The van der Waals surface area contributed by atoms with Crippen molar-refractivity contribution in [3.8, 4) is 11.5 Å². The van der Waals surface area contributed by atoms with E-state index in [0.717, 1.165) is 30.9 Å². The predicted molar refractivity (Wildman–Crippen MR) is 138 cm³/mol. The number of alkyl halides is 3. The molecule has 0 radical (unpaired) electrons. The molecule has 7 nitrogen and oxygen atoms in total. The van der Waals surface area contributed by atoms with Crippen molar-refractivity contribution in [2.45, 2.75) is 50.2 Å². The summed E-state index contributed by atoms with van der Waals surface area (Å²) in [7, 11) is 1.90. The van der Waals surface area contributed by atoms with E-state index in [1.165, 1.54) is 18.9 Å². The Morgan fingerprint density at radius 3 is 2.56 bits per heavy atom. The van der Waals surface area contributed by atoms with Gasteiger partial charge in [-0.05, 0) is 73.5 Å². The third-order valence-corrected chi connectivity index (χ3v) is 9.05. The van der Waals surface area contributed by atoms with Crippen LogP contribution in [-0.2, 0) is 29.8 Å². The molecule has 3 aliphatic rings. The molecule has 2 aliphatic heterocycles. The lowest BCUT2D eigenvalue weighted by Gasteiger charge is -2.41. The van der Waals surface area contributed by atoms with E-state index in [4.69, 9.17) is 9.15 Å². The number of oxazole rings is 1. The summed E-state index contributed by atoms with van der Waals surface area (Å²) in [5.74, 6) is 1.02. The molecule has 2 saturated heterocycles. The average Bonchev–Trinajstić information content (AvgIpc) is 3.19. The van der Waals surface area contributed by atoms with Gasteiger partial charge < -0.3 is 13.7 Å². The summed E-state index contributed by atoms with van der Waals surface area (Å²) in [5.41, 5.74) is 1.59. The summed E-state index contributed by atoms with van der Waals surface area (Å²) < 4.78 is 56.1. The van der Waals surface area contributed by atoms with Gasteiger partial charge in [-0.3, -0.25) is 4.90 Å². The highest BCUT2D eigenvalue weighted by atomic mass is 19.4. The van der Waals surface area contributed by atoms with E-state index >= 15 is 0 Å². The number of rotatable bonds is 6. The van der Waals surface area contributed by atoms with Crippen LogP contribution in [0.5, 0.6) is 0 Å². The number of likely N-dealkylation sites (tertiary alicyclic amines) is 1. The number of benzene rings is 2. The van der Waals surface area contributed by atoms with Crippen molar-refractivity contribution >= 4 is 11.1 Å². The third kappa shape index (κ3) is 4.24. The zero-order valence-corrected chi connectivity index (χ0v) is 22.0. The van der Waals surface area contributed by atoms with Crippen LogP contribution in [0.2, 0.25) is 0 Å². The quantitative estimate of drug-likeness (QED) is 0.314. The minimum Gasteiger partial charge on any atom is -0.435 e. The maximum atomic E-state index is 14.2. The highest BCUT2D eigenvalue weighted by Gasteiger charge is 2.48. The van der Waals surface area contributed by atoms with Crippen LogP contribution in [0.3, 0.4) is 0 Å². The summed E-state index contributed by atoms with van der Waals surface area (Å²) in [4.78, 5) is 6.88. The van der Waals surface area contributed by atoms with Gasteiger partial charge in [-0.1, -0.05) is 12.1 Å². The number of aromatic nitrogens is 4. The summed E-state index contributed by atoms with van der Waals surface area (Å²) in [5, 5.41) is 8.21. The molecule has 1 atom stereocenters. The Morgan fingerprint density at radius 2 is 1.92 bits per heavy atom. The zero-order chi connectivity index (χ0) is 27.0. The minimum atomic E-state index is -4.56. The van der Waals surface area contributed by atoms with Gasteiger partial charge >= 0.3 is 6.18 Å². The Kier molecular flexibility index (Phi) is 5.48. The zero-order valence-electron chi connectivity index (χ0n) is 22.0. The maximum Gasteiger partial charge on any atom is 0.420 e. The first kappa shape index (κ1) is 24.8. The van der Waals surface area contributed by atoms with Crippen LogP contribution in [0.4, 0.5) is 13.2 Å². The summed E-state index contributed by atoms with van der Waals surface area (Å²) >= 11 is 0. The fourth-order valence-corrected chi connectivity index (χ4v) is 6.20. The third-order valence-electron chi connectivity index (χ3n) is 9.05. The van der Waals surface area contributed by atoms with E-state index in [-0.39, 0.29) is 28.4 Å². The molecular weight excluding hydrogens is 507 g/mol. The second kappa shape index (κ2) is 8.63. The fourth-order valence-electron chi connectivity index (χ4n) is 6.20. The first-order valence-electron chi connectivity index (χ1n) is 13.4. The van der Waals surface area contributed by atoms with Gasteiger partial charge in [0.15, 0.2) is 5.58 Å². The molecule has 2 aromatic carbocycles. The maximum absolute atomic E-state index is 14.2. The monoisotopic (exact) mass is 537 g/mol. The molecule has 1 aliphatic carbocycles. The van der Waals surface area contributed by atoms with Crippen LogP contribution >= 0.6 is 0 Å². The number of nitrogens with zero attached hydrogens (tertiary/aromatic N) is 5. The van der Waals surface area contributed by atoms with E-state index in [0.29, 0.717) is 36.2 Å². The summed E-state index contributed by atoms with van der Waals surface area (Å²) in [6.45, 7) is 4.90. The van der Waals surface area contributed by atoms with Gasteiger partial charge in [0, 0.05) is 37.0 Å². The SMILES string of the molecule is C[C@H](c1cc(C(F)(F)F)c2oc(-c3cccc(C4(Cc5nncn5C)COC4)c3)nc2c1)N1CCC2(CC2)C1. The number of aryl methyl sites for hydroxylation is 1. The Balaban J connectivity index is 1.25. The molecule has 1 spiro atoms. The molecule has 39 heavy (non-hydrogen) atoms. The van der Waals surface area contributed by atoms with Gasteiger partial charge in [-0.25, -0.2) is 4.98 Å². The molecule has 4 heterocycles. The number of fused-ring (bicyclic) bond motifs is 1. The van der Waals surface area contributed by atoms with E-state index in [1.54, 1.807) is 12.4 Å². The summed E-state index contributed by atoms with van der Waals surface area (Å²) in [6.07, 6.45) is 1.32. The topological polar surface area (TPSA) is 69.2 Å². The van der Waals surface area contributed by atoms with Crippen LogP contribution < -0.4 is 0 Å².